The van der Waals surface area contributed by atoms with Crippen molar-refractivity contribution in [2.45, 2.75) is 19.1 Å². The first kappa shape index (κ1) is 20.1. The number of hydrogen-bond donors (Lipinski definition) is 0. The Kier molecular flexibility index (Phi) is 7.07. The topological polar surface area (TPSA) is 38.8 Å². The summed E-state index contributed by atoms with van der Waals surface area (Å²) in [6, 6.07) is 11.3. The van der Waals surface area contributed by atoms with Crippen LogP contribution in [-0.4, -0.2) is 43.2 Å². The maximum Gasteiger partial charge on any atom is 0.227 e. The molecule has 4 nitrogen and oxygen atoms in total. The molecule has 144 valence electrons. The lowest BCUT2D eigenvalue weighted by Gasteiger charge is -2.33. The van der Waals surface area contributed by atoms with E-state index in [2.05, 4.69) is 0 Å². The van der Waals surface area contributed by atoms with Gasteiger partial charge in [-0.1, -0.05) is 41.4 Å². The van der Waals surface area contributed by atoms with Crippen molar-refractivity contribution in [1.82, 2.24) is 4.90 Å². The maximum absolute atomic E-state index is 13.0. The van der Waals surface area contributed by atoms with Crippen molar-refractivity contribution in [2.24, 2.45) is 0 Å². The number of amides is 1. The van der Waals surface area contributed by atoms with Crippen LogP contribution in [0.15, 0.2) is 42.5 Å². The van der Waals surface area contributed by atoms with Crippen LogP contribution in [0.5, 0.6) is 0 Å². The summed E-state index contributed by atoms with van der Waals surface area (Å²) in [7, 11) is 0. The number of ether oxygens (including phenoxy) is 2. The predicted molar refractivity (Wildman–Crippen MR) is 103 cm³/mol. The molecule has 1 fully saturated rings. The number of rotatable bonds is 6. The molecule has 1 amide bonds. The molecule has 1 aliphatic rings. The lowest BCUT2D eigenvalue weighted by Crippen LogP contribution is -2.47. The molecule has 0 spiro atoms. The summed E-state index contributed by atoms with van der Waals surface area (Å²) < 4.78 is 24.4. The Bertz CT molecular complexity index is 765. The Morgan fingerprint density at radius 1 is 1.19 bits per heavy atom. The molecule has 0 radical (unpaired) electrons. The van der Waals surface area contributed by atoms with Gasteiger partial charge in [-0.2, -0.15) is 0 Å². The van der Waals surface area contributed by atoms with Crippen LogP contribution >= 0.6 is 23.2 Å². The monoisotopic (exact) mass is 411 g/mol. The van der Waals surface area contributed by atoms with E-state index in [1.807, 2.05) is 0 Å². The van der Waals surface area contributed by atoms with Gasteiger partial charge in [0.25, 0.3) is 0 Å². The van der Waals surface area contributed by atoms with Gasteiger partial charge in [0.1, 0.15) is 5.82 Å². The Morgan fingerprint density at radius 3 is 2.59 bits per heavy atom. The van der Waals surface area contributed by atoms with E-state index < -0.39 is 0 Å². The summed E-state index contributed by atoms with van der Waals surface area (Å²) in [6.45, 7) is 2.06. The zero-order chi connectivity index (χ0) is 19.2. The summed E-state index contributed by atoms with van der Waals surface area (Å²) in [6.07, 6.45) is 0.0282. The molecule has 7 heteroatoms. The first-order valence-electron chi connectivity index (χ1n) is 8.67. The fourth-order valence-corrected chi connectivity index (χ4v) is 3.40. The summed E-state index contributed by atoms with van der Waals surface area (Å²) in [5.41, 5.74) is 1.52. The largest absolute Gasteiger partial charge is 0.374 e. The van der Waals surface area contributed by atoms with Crippen molar-refractivity contribution in [2.75, 3.05) is 26.3 Å². The number of morpholine rings is 1. The van der Waals surface area contributed by atoms with Gasteiger partial charge in [-0.3, -0.25) is 4.79 Å². The number of benzene rings is 2. The molecule has 0 saturated carbocycles. The van der Waals surface area contributed by atoms with Crippen molar-refractivity contribution in [3.05, 3.63) is 69.5 Å². The van der Waals surface area contributed by atoms with Crippen LogP contribution in [-0.2, 0) is 27.3 Å². The van der Waals surface area contributed by atoms with E-state index in [-0.39, 0.29) is 30.9 Å². The summed E-state index contributed by atoms with van der Waals surface area (Å²) in [5, 5.41) is 1.12. The van der Waals surface area contributed by atoms with Gasteiger partial charge in [-0.15, -0.1) is 0 Å². The van der Waals surface area contributed by atoms with Crippen molar-refractivity contribution in [1.29, 1.82) is 0 Å². The summed E-state index contributed by atoms with van der Waals surface area (Å²) in [4.78, 5) is 14.2. The minimum atomic E-state index is -0.312. The van der Waals surface area contributed by atoms with E-state index in [0.29, 0.717) is 36.3 Å². The highest BCUT2D eigenvalue weighted by Gasteiger charge is 2.24. The molecule has 1 atom stereocenters. The number of halogens is 3. The molecule has 27 heavy (non-hydrogen) atoms. The predicted octanol–water partition coefficient (Wildman–Crippen LogP) is 4.12. The second-order valence-electron chi connectivity index (χ2n) is 6.35. The highest BCUT2D eigenvalue weighted by molar-refractivity contribution is 6.35. The van der Waals surface area contributed by atoms with E-state index in [1.54, 1.807) is 35.2 Å². The summed E-state index contributed by atoms with van der Waals surface area (Å²) in [5.74, 6) is -0.322. The van der Waals surface area contributed by atoms with Crippen molar-refractivity contribution < 1.29 is 18.7 Å². The third kappa shape index (κ3) is 5.66. The van der Waals surface area contributed by atoms with Gasteiger partial charge < -0.3 is 14.4 Å². The van der Waals surface area contributed by atoms with E-state index >= 15 is 0 Å². The zero-order valence-electron chi connectivity index (χ0n) is 14.7. The molecule has 1 aliphatic heterocycles. The van der Waals surface area contributed by atoms with E-state index in [1.165, 1.54) is 12.1 Å². The average molecular weight is 412 g/mol. The van der Waals surface area contributed by atoms with Crippen LogP contribution in [0.25, 0.3) is 0 Å². The minimum Gasteiger partial charge on any atom is -0.374 e. The number of nitrogens with zero attached hydrogens (tertiary/aromatic N) is 1. The molecule has 0 N–H and O–H groups in total. The second-order valence-corrected chi connectivity index (χ2v) is 7.17. The molecule has 0 aliphatic carbocycles. The zero-order valence-corrected chi connectivity index (χ0v) is 16.2. The molecule has 0 unspecified atom stereocenters. The molecule has 2 aromatic carbocycles. The Labute approximate surface area is 167 Å². The minimum absolute atomic E-state index is 0.0101. The molecule has 0 aromatic heterocycles. The van der Waals surface area contributed by atoms with E-state index in [9.17, 15) is 9.18 Å². The van der Waals surface area contributed by atoms with Crippen molar-refractivity contribution >= 4 is 29.1 Å². The third-order valence-electron chi connectivity index (χ3n) is 4.37. The van der Waals surface area contributed by atoms with Crippen molar-refractivity contribution in [3.8, 4) is 0 Å². The highest BCUT2D eigenvalue weighted by Crippen LogP contribution is 2.25. The summed E-state index contributed by atoms with van der Waals surface area (Å²) >= 11 is 12.3. The first-order valence-corrected chi connectivity index (χ1v) is 9.43. The van der Waals surface area contributed by atoms with Gasteiger partial charge in [0.2, 0.25) is 5.91 Å². The molecule has 2 aromatic rings. The van der Waals surface area contributed by atoms with Gasteiger partial charge in [0.15, 0.2) is 0 Å². The van der Waals surface area contributed by atoms with Crippen LogP contribution in [0.4, 0.5) is 4.39 Å². The van der Waals surface area contributed by atoms with Crippen LogP contribution in [0, 0.1) is 5.82 Å². The van der Waals surface area contributed by atoms with Gasteiger partial charge >= 0.3 is 0 Å². The van der Waals surface area contributed by atoms with E-state index in [4.69, 9.17) is 32.7 Å². The number of hydrogen-bond acceptors (Lipinski definition) is 3. The fourth-order valence-electron chi connectivity index (χ4n) is 2.90. The smallest absolute Gasteiger partial charge is 0.227 e. The van der Waals surface area contributed by atoms with Gasteiger partial charge in [0, 0.05) is 28.7 Å². The quantitative estimate of drug-likeness (QED) is 0.717. The molecular formula is C20H20Cl2FNO3. The lowest BCUT2D eigenvalue weighted by molar-refractivity contribution is -0.140. The Morgan fingerprint density at radius 2 is 1.89 bits per heavy atom. The third-order valence-corrected chi connectivity index (χ3v) is 5.08. The molecule has 1 saturated heterocycles. The second kappa shape index (κ2) is 9.51. The molecule has 3 rings (SSSR count). The van der Waals surface area contributed by atoms with Crippen LogP contribution in [0.3, 0.4) is 0 Å². The lowest BCUT2D eigenvalue weighted by atomic mass is 10.1. The Balaban J connectivity index is 1.48. The van der Waals surface area contributed by atoms with Gasteiger partial charge in [-0.05, 0) is 29.8 Å². The maximum atomic E-state index is 13.0. The average Bonchev–Trinajstić information content (AvgIpc) is 2.66. The van der Waals surface area contributed by atoms with Gasteiger partial charge in [-0.25, -0.2) is 4.39 Å². The normalized spacial score (nSPS) is 17.1. The fraction of sp³-hybridized carbons (Fsp3) is 0.350. The van der Waals surface area contributed by atoms with E-state index in [0.717, 1.165) is 11.1 Å². The molecular weight excluding hydrogens is 392 g/mol. The SMILES string of the molecule is O=C(Cc1ccc(F)cc1)N1CCO[C@H](COCc2c(Cl)cccc2Cl)C1. The van der Waals surface area contributed by atoms with Crippen molar-refractivity contribution in [3.63, 3.8) is 0 Å². The van der Waals surface area contributed by atoms with Crippen LogP contribution in [0.2, 0.25) is 10.0 Å². The standard InChI is InChI=1S/C20H20Cl2FNO3/c21-18-2-1-3-19(22)17(18)13-26-12-16-11-24(8-9-27-16)20(25)10-14-4-6-15(23)7-5-14/h1-7,16H,8-13H2/t16-/m0/s1. The molecule has 1 heterocycles. The number of carbonyl (C=O) groups is 1. The molecule has 0 bridgehead atoms. The highest BCUT2D eigenvalue weighted by atomic mass is 35.5. The number of carbonyl (C=O) groups excluding carboxylic acids is 1. The first-order chi connectivity index (χ1) is 13.0. The van der Waals surface area contributed by atoms with Gasteiger partial charge in [0.05, 0.1) is 32.3 Å². The van der Waals surface area contributed by atoms with Crippen LogP contribution < -0.4 is 0 Å². The Hall–Kier alpha value is -1.66. The van der Waals surface area contributed by atoms with Crippen LogP contribution in [0.1, 0.15) is 11.1 Å².